The van der Waals surface area contributed by atoms with Crippen molar-refractivity contribution in [1.29, 1.82) is 0 Å². The Morgan fingerprint density at radius 3 is 2.00 bits per heavy atom. The molecule has 0 saturated carbocycles. The molecular formula is C13H16O4. The summed E-state index contributed by atoms with van der Waals surface area (Å²) in [6, 6.07) is 4.55. The highest BCUT2D eigenvalue weighted by atomic mass is 16.4. The molecule has 0 aliphatic heterocycles. The third-order valence-electron chi connectivity index (χ3n) is 2.96. The topological polar surface area (TPSA) is 74.6 Å². The molecule has 0 aliphatic carbocycles. The van der Waals surface area contributed by atoms with Gasteiger partial charge < -0.3 is 10.2 Å². The lowest BCUT2D eigenvalue weighted by atomic mass is 9.91. The van der Waals surface area contributed by atoms with Gasteiger partial charge in [0.25, 0.3) is 0 Å². The second-order valence-corrected chi connectivity index (χ2v) is 3.93. The molecule has 1 aromatic rings. The Hall–Kier alpha value is -1.84. The quantitative estimate of drug-likeness (QED) is 0.824. The van der Waals surface area contributed by atoms with Gasteiger partial charge in [0.15, 0.2) is 0 Å². The molecule has 17 heavy (non-hydrogen) atoms. The molecule has 0 fully saturated rings. The van der Waals surface area contributed by atoms with Gasteiger partial charge in [-0.3, -0.25) is 0 Å². The molecule has 1 aromatic carbocycles. The zero-order chi connectivity index (χ0) is 13.0. The first-order chi connectivity index (χ1) is 8.01. The fourth-order valence-corrected chi connectivity index (χ4v) is 1.94. The monoisotopic (exact) mass is 236 g/mol. The average Bonchev–Trinajstić information content (AvgIpc) is 2.30. The van der Waals surface area contributed by atoms with E-state index in [1.807, 2.05) is 13.8 Å². The van der Waals surface area contributed by atoms with Gasteiger partial charge in [-0.2, -0.15) is 0 Å². The van der Waals surface area contributed by atoms with Crippen LogP contribution in [0.25, 0.3) is 0 Å². The van der Waals surface area contributed by atoms with Gasteiger partial charge >= 0.3 is 11.9 Å². The number of carboxylic acids is 2. The van der Waals surface area contributed by atoms with Crippen LogP contribution in [0, 0.1) is 0 Å². The van der Waals surface area contributed by atoms with E-state index in [4.69, 9.17) is 10.2 Å². The molecule has 0 radical (unpaired) electrons. The molecule has 0 aromatic heterocycles. The van der Waals surface area contributed by atoms with Gasteiger partial charge in [-0.1, -0.05) is 19.9 Å². The lowest BCUT2D eigenvalue weighted by Crippen LogP contribution is -2.09. The zero-order valence-corrected chi connectivity index (χ0v) is 9.93. The number of aromatic carboxylic acids is 2. The van der Waals surface area contributed by atoms with Crippen molar-refractivity contribution in [3.05, 3.63) is 34.9 Å². The molecule has 1 rings (SSSR count). The van der Waals surface area contributed by atoms with Crippen LogP contribution in [-0.4, -0.2) is 22.2 Å². The molecule has 4 nitrogen and oxygen atoms in total. The minimum Gasteiger partial charge on any atom is -0.478 e. The molecule has 0 amide bonds. The third-order valence-corrected chi connectivity index (χ3v) is 2.96. The Balaban J connectivity index is 3.27. The van der Waals surface area contributed by atoms with E-state index in [9.17, 15) is 9.59 Å². The Morgan fingerprint density at radius 2 is 1.59 bits per heavy atom. The number of rotatable bonds is 5. The van der Waals surface area contributed by atoms with Crippen LogP contribution < -0.4 is 0 Å². The van der Waals surface area contributed by atoms with Crippen LogP contribution in [0.2, 0.25) is 0 Å². The van der Waals surface area contributed by atoms with Crippen LogP contribution in [0.1, 0.15) is 58.9 Å². The van der Waals surface area contributed by atoms with Crippen molar-refractivity contribution < 1.29 is 19.8 Å². The average molecular weight is 236 g/mol. The molecule has 92 valence electrons. The van der Waals surface area contributed by atoms with Gasteiger partial charge in [0.05, 0.1) is 11.1 Å². The van der Waals surface area contributed by atoms with E-state index in [0.717, 1.165) is 18.4 Å². The highest BCUT2D eigenvalue weighted by Gasteiger charge is 2.18. The molecule has 0 heterocycles. The maximum atomic E-state index is 11.0. The van der Waals surface area contributed by atoms with Crippen molar-refractivity contribution in [2.24, 2.45) is 0 Å². The molecule has 0 bridgehead atoms. The Labute approximate surface area is 99.9 Å². The summed E-state index contributed by atoms with van der Waals surface area (Å²) >= 11 is 0. The van der Waals surface area contributed by atoms with Crippen molar-refractivity contribution in [3.8, 4) is 0 Å². The van der Waals surface area contributed by atoms with Gasteiger partial charge in [-0.15, -0.1) is 0 Å². The SMILES string of the molecule is CCC(CC)c1ccc(C(=O)O)c(C(=O)O)c1. The summed E-state index contributed by atoms with van der Waals surface area (Å²) in [4.78, 5) is 21.9. The molecule has 0 saturated heterocycles. The van der Waals surface area contributed by atoms with Crippen LogP contribution in [0.15, 0.2) is 18.2 Å². The molecule has 0 aliphatic rings. The van der Waals surface area contributed by atoms with E-state index >= 15 is 0 Å². The first kappa shape index (κ1) is 13.2. The van der Waals surface area contributed by atoms with E-state index in [1.54, 1.807) is 6.07 Å². The normalized spacial score (nSPS) is 10.5. The van der Waals surface area contributed by atoms with Gasteiger partial charge in [-0.25, -0.2) is 9.59 Å². The maximum Gasteiger partial charge on any atom is 0.336 e. The Kier molecular flexibility index (Phi) is 4.26. The highest BCUT2D eigenvalue weighted by Crippen LogP contribution is 2.25. The zero-order valence-electron chi connectivity index (χ0n) is 9.93. The molecule has 0 atom stereocenters. The minimum absolute atomic E-state index is 0.137. The van der Waals surface area contributed by atoms with Crippen LogP contribution in [-0.2, 0) is 0 Å². The number of carbonyl (C=O) groups is 2. The van der Waals surface area contributed by atoms with E-state index in [1.165, 1.54) is 12.1 Å². The molecule has 2 N–H and O–H groups in total. The molecule has 0 unspecified atom stereocenters. The maximum absolute atomic E-state index is 11.0. The Bertz CT molecular complexity index is 433. The fourth-order valence-electron chi connectivity index (χ4n) is 1.94. The summed E-state index contributed by atoms with van der Waals surface area (Å²) in [6.45, 7) is 4.05. The van der Waals surface area contributed by atoms with E-state index < -0.39 is 11.9 Å². The third kappa shape index (κ3) is 2.84. The van der Waals surface area contributed by atoms with Gasteiger partial charge in [0.1, 0.15) is 0 Å². The summed E-state index contributed by atoms with van der Waals surface area (Å²) in [5.74, 6) is -2.13. The van der Waals surface area contributed by atoms with Gasteiger partial charge in [-0.05, 0) is 36.5 Å². The summed E-state index contributed by atoms with van der Waals surface area (Å²) in [5, 5.41) is 17.9. The molecular weight excluding hydrogens is 220 g/mol. The van der Waals surface area contributed by atoms with E-state index in [2.05, 4.69) is 0 Å². The molecule has 4 heteroatoms. The predicted octanol–water partition coefficient (Wildman–Crippen LogP) is 2.99. The number of benzene rings is 1. The largest absolute Gasteiger partial charge is 0.478 e. The second-order valence-electron chi connectivity index (χ2n) is 3.93. The smallest absolute Gasteiger partial charge is 0.336 e. The van der Waals surface area contributed by atoms with Gasteiger partial charge in [0, 0.05) is 0 Å². The van der Waals surface area contributed by atoms with Crippen LogP contribution in [0.5, 0.6) is 0 Å². The first-order valence-electron chi connectivity index (χ1n) is 5.61. The van der Waals surface area contributed by atoms with Crippen LogP contribution in [0.3, 0.4) is 0 Å². The summed E-state index contributed by atoms with van der Waals surface area (Å²) in [5.41, 5.74) is 0.589. The number of hydrogen-bond acceptors (Lipinski definition) is 2. The Morgan fingerprint density at radius 1 is 1.06 bits per heavy atom. The summed E-state index contributed by atoms with van der Waals surface area (Å²) in [6.07, 6.45) is 1.81. The van der Waals surface area contributed by atoms with E-state index in [0.29, 0.717) is 0 Å². The highest BCUT2D eigenvalue weighted by molar-refractivity contribution is 6.01. The first-order valence-corrected chi connectivity index (χ1v) is 5.61. The van der Waals surface area contributed by atoms with Crippen molar-refractivity contribution >= 4 is 11.9 Å². The summed E-state index contributed by atoms with van der Waals surface area (Å²) < 4.78 is 0. The minimum atomic E-state index is -1.21. The van der Waals surface area contributed by atoms with Crippen molar-refractivity contribution in [2.75, 3.05) is 0 Å². The van der Waals surface area contributed by atoms with Crippen LogP contribution >= 0.6 is 0 Å². The number of hydrogen-bond donors (Lipinski definition) is 2. The fraction of sp³-hybridized carbons (Fsp3) is 0.385. The standard InChI is InChI=1S/C13H16O4/c1-3-8(4-2)9-5-6-10(12(14)15)11(7-9)13(16)17/h5-8H,3-4H2,1-2H3,(H,14,15)(H,16,17). The second kappa shape index (κ2) is 5.48. The van der Waals surface area contributed by atoms with E-state index in [-0.39, 0.29) is 17.0 Å². The van der Waals surface area contributed by atoms with Crippen molar-refractivity contribution in [3.63, 3.8) is 0 Å². The lowest BCUT2D eigenvalue weighted by Gasteiger charge is -2.14. The molecule has 0 spiro atoms. The number of carboxylic acid groups (broad SMARTS) is 2. The van der Waals surface area contributed by atoms with Crippen LogP contribution in [0.4, 0.5) is 0 Å². The van der Waals surface area contributed by atoms with Gasteiger partial charge in [0.2, 0.25) is 0 Å². The van der Waals surface area contributed by atoms with Crippen molar-refractivity contribution in [1.82, 2.24) is 0 Å². The van der Waals surface area contributed by atoms with Crippen molar-refractivity contribution in [2.45, 2.75) is 32.6 Å². The predicted molar refractivity (Wildman–Crippen MR) is 63.7 cm³/mol. The summed E-state index contributed by atoms with van der Waals surface area (Å²) in [7, 11) is 0. The lowest BCUT2D eigenvalue weighted by molar-refractivity contribution is 0.0651.